The molecule has 0 fully saturated rings. The number of hydrogen-bond acceptors (Lipinski definition) is 5. The van der Waals surface area contributed by atoms with Crippen molar-refractivity contribution in [2.24, 2.45) is 0 Å². The second kappa shape index (κ2) is 6.03. The first-order chi connectivity index (χ1) is 10.0. The molecule has 0 amide bonds. The molecule has 21 heavy (non-hydrogen) atoms. The van der Waals surface area contributed by atoms with E-state index in [1.807, 2.05) is 6.07 Å². The Kier molecular flexibility index (Phi) is 4.16. The number of nitriles is 1. The predicted octanol–water partition coefficient (Wildman–Crippen LogP) is 3.31. The zero-order valence-electron chi connectivity index (χ0n) is 11.2. The highest BCUT2D eigenvalue weighted by Crippen LogP contribution is 2.31. The Balaban J connectivity index is 2.33. The SMILES string of the molecule is CC(O)c1ccc(C#N)cc1Oc1ccc([N+](=O)[O-])cc1. The second-order valence-electron chi connectivity index (χ2n) is 4.39. The van der Waals surface area contributed by atoms with Crippen molar-refractivity contribution < 1.29 is 14.8 Å². The van der Waals surface area contributed by atoms with E-state index in [0.717, 1.165) is 0 Å². The van der Waals surface area contributed by atoms with Crippen LogP contribution in [0.2, 0.25) is 0 Å². The number of nitrogens with zero attached hydrogens (tertiary/aromatic N) is 2. The summed E-state index contributed by atoms with van der Waals surface area (Å²) in [4.78, 5) is 10.1. The average molecular weight is 284 g/mol. The van der Waals surface area contributed by atoms with Crippen molar-refractivity contribution in [2.75, 3.05) is 0 Å². The van der Waals surface area contributed by atoms with Crippen LogP contribution in [0.5, 0.6) is 11.5 Å². The van der Waals surface area contributed by atoms with Crippen LogP contribution in [-0.4, -0.2) is 10.0 Å². The van der Waals surface area contributed by atoms with Gasteiger partial charge in [-0.15, -0.1) is 0 Å². The minimum atomic E-state index is -0.759. The van der Waals surface area contributed by atoms with Gasteiger partial charge >= 0.3 is 0 Å². The first-order valence-corrected chi connectivity index (χ1v) is 6.15. The quantitative estimate of drug-likeness (QED) is 0.686. The highest BCUT2D eigenvalue weighted by Gasteiger charge is 2.12. The molecule has 0 aliphatic carbocycles. The van der Waals surface area contributed by atoms with E-state index in [1.165, 1.54) is 30.3 Å². The van der Waals surface area contributed by atoms with Crippen molar-refractivity contribution in [1.29, 1.82) is 5.26 Å². The monoisotopic (exact) mass is 284 g/mol. The van der Waals surface area contributed by atoms with Gasteiger partial charge in [-0.05, 0) is 31.2 Å². The third-order valence-corrected chi connectivity index (χ3v) is 2.87. The molecule has 6 heteroatoms. The average Bonchev–Trinajstić information content (AvgIpc) is 2.47. The number of rotatable bonds is 4. The highest BCUT2D eigenvalue weighted by molar-refractivity contribution is 5.46. The molecule has 106 valence electrons. The molecule has 2 aromatic carbocycles. The van der Waals surface area contributed by atoms with Crippen molar-refractivity contribution in [1.82, 2.24) is 0 Å². The molecule has 0 radical (unpaired) electrons. The molecule has 2 aromatic rings. The molecular formula is C15H12N2O4. The van der Waals surface area contributed by atoms with E-state index in [2.05, 4.69) is 0 Å². The summed E-state index contributed by atoms with van der Waals surface area (Å²) in [6.07, 6.45) is -0.759. The summed E-state index contributed by atoms with van der Waals surface area (Å²) in [6.45, 7) is 1.59. The molecule has 0 aliphatic heterocycles. The van der Waals surface area contributed by atoms with Gasteiger partial charge in [-0.3, -0.25) is 10.1 Å². The molecule has 0 heterocycles. The fourth-order valence-electron chi connectivity index (χ4n) is 1.80. The Morgan fingerprint density at radius 2 is 1.95 bits per heavy atom. The number of benzene rings is 2. The molecule has 0 saturated heterocycles. The number of hydrogen-bond donors (Lipinski definition) is 1. The lowest BCUT2D eigenvalue weighted by atomic mass is 10.1. The van der Waals surface area contributed by atoms with Crippen LogP contribution in [0, 0.1) is 21.4 Å². The van der Waals surface area contributed by atoms with Crippen LogP contribution in [0.25, 0.3) is 0 Å². The van der Waals surface area contributed by atoms with Crippen LogP contribution in [0.3, 0.4) is 0 Å². The van der Waals surface area contributed by atoms with Crippen molar-refractivity contribution in [3.63, 3.8) is 0 Å². The van der Waals surface area contributed by atoms with Crippen molar-refractivity contribution >= 4 is 5.69 Å². The maximum Gasteiger partial charge on any atom is 0.269 e. The summed E-state index contributed by atoms with van der Waals surface area (Å²) in [5.41, 5.74) is 0.896. The van der Waals surface area contributed by atoms with E-state index in [-0.39, 0.29) is 5.69 Å². The Hall–Kier alpha value is -2.91. The molecule has 6 nitrogen and oxygen atoms in total. The van der Waals surface area contributed by atoms with Crippen molar-refractivity contribution in [2.45, 2.75) is 13.0 Å². The molecule has 2 rings (SSSR count). The molecular weight excluding hydrogens is 272 g/mol. The number of non-ortho nitro benzene ring substituents is 1. The molecule has 0 saturated carbocycles. The third kappa shape index (κ3) is 3.35. The number of nitro groups is 1. The van der Waals surface area contributed by atoms with Gasteiger partial charge < -0.3 is 9.84 Å². The van der Waals surface area contributed by atoms with Gasteiger partial charge in [0.2, 0.25) is 0 Å². The van der Waals surface area contributed by atoms with E-state index < -0.39 is 11.0 Å². The molecule has 1 unspecified atom stereocenters. The van der Waals surface area contributed by atoms with Crippen LogP contribution in [0.4, 0.5) is 5.69 Å². The van der Waals surface area contributed by atoms with Gasteiger partial charge in [0.1, 0.15) is 11.5 Å². The smallest absolute Gasteiger partial charge is 0.269 e. The summed E-state index contributed by atoms with van der Waals surface area (Å²) in [5, 5.41) is 29.2. The molecule has 1 atom stereocenters. The van der Waals surface area contributed by atoms with E-state index in [0.29, 0.717) is 22.6 Å². The zero-order valence-corrected chi connectivity index (χ0v) is 11.2. The van der Waals surface area contributed by atoms with Gasteiger partial charge in [-0.25, -0.2) is 0 Å². The van der Waals surface area contributed by atoms with E-state index in [4.69, 9.17) is 10.00 Å². The largest absolute Gasteiger partial charge is 0.457 e. The maximum absolute atomic E-state index is 10.6. The molecule has 0 aromatic heterocycles. The highest BCUT2D eigenvalue weighted by atomic mass is 16.6. The van der Waals surface area contributed by atoms with Crippen LogP contribution in [0.15, 0.2) is 42.5 Å². The summed E-state index contributed by atoms with van der Waals surface area (Å²) >= 11 is 0. The fourth-order valence-corrected chi connectivity index (χ4v) is 1.80. The maximum atomic E-state index is 10.6. The third-order valence-electron chi connectivity index (χ3n) is 2.87. The lowest BCUT2D eigenvalue weighted by Crippen LogP contribution is -1.97. The lowest BCUT2D eigenvalue weighted by Gasteiger charge is -2.13. The van der Waals surface area contributed by atoms with E-state index >= 15 is 0 Å². The second-order valence-corrected chi connectivity index (χ2v) is 4.39. The van der Waals surface area contributed by atoms with Crippen molar-refractivity contribution in [3.05, 3.63) is 63.7 Å². The van der Waals surface area contributed by atoms with Gasteiger partial charge in [0, 0.05) is 17.7 Å². The van der Waals surface area contributed by atoms with E-state index in [9.17, 15) is 15.2 Å². The van der Waals surface area contributed by atoms with Gasteiger partial charge in [-0.1, -0.05) is 6.07 Å². The standard InChI is InChI=1S/C15H12N2O4/c1-10(18)14-7-2-11(9-16)8-15(14)21-13-5-3-12(4-6-13)17(19)20/h2-8,10,18H,1H3. The van der Waals surface area contributed by atoms with Gasteiger partial charge in [0.25, 0.3) is 5.69 Å². The minimum absolute atomic E-state index is 0.0381. The number of ether oxygens (including phenoxy) is 1. The molecule has 0 spiro atoms. The summed E-state index contributed by atoms with van der Waals surface area (Å²) in [6, 6.07) is 12.3. The minimum Gasteiger partial charge on any atom is -0.457 e. The molecule has 0 bridgehead atoms. The van der Waals surface area contributed by atoms with Crippen LogP contribution in [-0.2, 0) is 0 Å². The topological polar surface area (TPSA) is 96.4 Å². The zero-order chi connectivity index (χ0) is 15.4. The lowest BCUT2D eigenvalue weighted by molar-refractivity contribution is -0.384. The van der Waals surface area contributed by atoms with Gasteiger partial charge in [-0.2, -0.15) is 5.26 Å². The first-order valence-electron chi connectivity index (χ1n) is 6.15. The number of aliphatic hydroxyl groups is 1. The van der Waals surface area contributed by atoms with Crippen LogP contribution in [0.1, 0.15) is 24.2 Å². The summed E-state index contributed by atoms with van der Waals surface area (Å²) in [7, 11) is 0. The Labute approximate surface area is 121 Å². The first kappa shape index (κ1) is 14.5. The van der Waals surface area contributed by atoms with E-state index in [1.54, 1.807) is 19.1 Å². The molecule has 1 N–H and O–H groups in total. The number of aliphatic hydroxyl groups excluding tert-OH is 1. The summed E-state index contributed by atoms with van der Waals surface area (Å²) < 4.78 is 5.61. The van der Waals surface area contributed by atoms with Crippen LogP contribution < -0.4 is 4.74 Å². The predicted molar refractivity (Wildman–Crippen MR) is 75.0 cm³/mol. The van der Waals surface area contributed by atoms with Gasteiger partial charge in [0.15, 0.2) is 0 Å². The normalized spacial score (nSPS) is 11.5. The van der Waals surface area contributed by atoms with Crippen LogP contribution >= 0.6 is 0 Å². The Morgan fingerprint density at radius 3 is 2.48 bits per heavy atom. The van der Waals surface area contributed by atoms with Gasteiger partial charge in [0.05, 0.1) is 22.7 Å². The Bertz CT molecular complexity index is 703. The fraction of sp³-hybridized carbons (Fsp3) is 0.133. The molecule has 0 aliphatic rings. The number of nitro benzene ring substituents is 1. The Morgan fingerprint density at radius 1 is 1.29 bits per heavy atom. The van der Waals surface area contributed by atoms with Crippen molar-refractivity contribution in [3.8, 4) is 17.6 Å². The summed E-state index contributed by atoms with van der Waals surface area (Å²) in [5.74, 6) is 0.732.